The smallest absolute Gasteiger partial charge is 0.344 e. The minimum absolute atomic E-state index is 0.490. The van der Waals surface area contributed by atoms with E-state index in [9.17, 15) is 4.79 Å². The average Bonchev–Trinajstić information content (AvgIpc) is 3.00. The molecular weight excluding hydrogens is 330 g/mol. The minimum Gasteiger partial charge on any atom is -0.479 e. The van der Waals surface area contributed by atoms with Crippen molar-refractivity contribution in [3.63, 3.8) is 0 Å². The molecule has 0 bridgehead atoms. The first-order chi connectivity index (χ1) is 12.4. The van der Waals surface area contributed by atoms with Crippen molar-refractivity contribution >= 4 is 22.7 Å². The number of rotatable bonds is 6. The molecule has 2 aromatic carbocycles. The molecule has 26 heavy (non-hydrogen) atoms. The van der Waals surface area contributed by atoms with Crippen molar-refractivity contribution in [2.24, 2.45) is 5.16 Å². The zero-order valence-corrected chi connectivity index (χ0v) is 15.1. The lowest BCUT2D eigenvalue weighted by Gasteiger charge is -2.12. The van der Waals surface area contributed by atoms with Gasteiger partial charge >= 0.3 is 5.97 Å². The van der Waals surface area contributed by atoms with Crippen LogP contribution in [0.25, 0.3) is 11.0 Å². The van der Waals surface area contributed by atoms with Gasteiger partial charge in [-0.1, -0.05) is 41.1 Å². The fraction of sp³-hybridized carbons (Fsp3) is 0.238. The van der Waals surface area contributed by atoms with Gasteiger partial charge in [-0.15, -0.1) is 0 Å². The predicted molar refractivity (Wildman–Crippen MR) is 101 cm³/mol. The van der Waals surface area contributed by atoms with E-state index in [1.54, 1.807) is 0 Å². The fourth-order valence-corrected chi connectivity index (χ4v) is 3.11. The molecule has 0 aliphatic rings. The summed E-state index contributed by atoms with van der Waals surface area (Å²) < 4.78 is 5.91. The molecule has 5 nitrogen and oxygen atoms in total. The van der Waals surface area contributed by atoms with E-state index in [0.29, 0.717) is 17.9 Å². The standard InChI is InChI=1S/C21H21NO4/c1-13-8-14(2)17(15(3)9-13)11-18(22-25-12-21(23)24)20-10-16-6-4-5-7-19(16)26-20/h4-10H,11-12H2,1-3H3,(H,23,24). The topological polar surface area (TPSA) is 72.0 Å². The van der Waals surface area contributed by atoms with Crippen LogP contribution < -0.4 is 0 Å². The summed E-state index contributed by atoms with van der Waals surface area (Å²) in [5.41, 5.74) is 5.97. The highest BCUT2D eigenvalue weighted by molar-refractivity contribution is 6.02. The van der Waals surface area contributed by atoms with Crippen LogP contribution in [0.1, 0.15) is 28.0 Å². The molecule has 0 saturated carbocycles. The van der Waals surface area contributed by atoms with Gasteiger partial charge in [0.2, 0.25) is 6.61 Å². The highest BCUT2D eigenvalue weighted by Crippen LogP contribution is 2.23. The lowest BCUT2D eigenvalue weighted by molar-refractivity contribution is -0.142. The summed E-state index contributed by atoms with van der Waals surface area (Å²) in [5, 5.41) is 13.8. The maximum atomic E-state index is 10.7. The highest BCUT2D eigenvalue weighted by atomic mass is 16.6. The van der Waals surface area contributed by atoms with Crippen LogP contribution in [0.4, 0.5) is 0 Å². The Morgan fingerprint density at radius 3 is 2.46 bits per heavy atom. The number of nitrogens with zero attached hydrogens (tertiary/aromatic N) is 1. The number of fused-ring (bicyclic) bond motifs is 1. The van der Waals surface area contributed by atoms with E-state index in [1.807, 2.05) is 30.3 Å². The molecule has 0 spiro atoms. The molecule has 3 aromatic rings. The molecule has 0 aliphatic carbocycles. The van der Waals surface area contributed by atoms with Gasteiger partial charge in [-0.2, -0.15) is 0 Å². The summed E-state index contributed by atoms with van der Waals surface area (Å²) in [6.45, 7) is 5.69. The zero-order chi connectivity index (χ0) is 18.7. The Labute approximate surface area is 151 Å². The molecule has 0 unspecified atom stereocenters. The molecule has 0 saturated heterocycles. The Kier molecular flexibility index (Phi) is 5.07. The van der Waals surface area contributed by atoms with Crippen molar-refractivity contribution in [2.75, 3.05) is 6.61 Å². The first-order valence-electron chi connectivity index (χ1n) is 8.40. The lowest BCUT2D eigenvalue weighted by Crippen LogP contribution is -2.11. The van der Waals surface area contributed by atoms with E-state index in [4.69, 9.17) is 14.4 Å². The number of aryl methyl sites for hydroxylation is 3. The lowest BCUT2D eigenvalue weighted by atomic mass is 9.95. The van der Waals surface area contributed by atoms with Crippen molar-refractivity contribution in [3.8, 4) is 0 Å². The first kappa shape index (κ1) is 17.7. The molecule has 134 valence electrons. The predicted octanol–water partition coefficient (Wildman–Crippen LogP) is 4.41. The van der Waals surface area contributed by atoms with E-state index in [2.05, 4.69) is 38.1 Å². The third-order valence-corrected chi connectivity index (χ3v) is 4.26. The molecule has 0 amide bonds. The van der Waals surface area contributed by atoms with E-state index in [0.717, 1.165) is 27.7 Å². The van der Waals surface area contributed by atoms with Gasteiger partial charge in [-0.05, 0) is 49.6 Å². The van der Waals surface area contributed by atoms with Crippen LogP contribution in [0.3, 0.4) is 0 Å². The number of carboxylic acids is 1. The first-order valence-corrected chi connectivity index (χ1v) is 8.40. The van der Waals surface area contributed by atoms with Crippen molar-refractivity contribution < 1.29 is 19.2 Å². The second-order valence-corrected chi connectivity index (χ2v) is 6.41. The number of hydrogen-bond donors (Lipinski definition) is 1. The minimum atomic E-state index is -1.07. The van der Waals surface area contributed by atoms with Crippen LogP contribution in [-0.2, 0) is 16.1 Å². The molecule has 3 rings (SSSR count). The highest BCUT2D eigenvalue weighted by Gasteiger charge is 2.15. The van der Waals surface area contributed by atoms with Crippen molar-refractivity contribution in [3.05, 3.63) is 70.5 Å². The van der Waals surface area contributed by atoms with E-state index in [-0.39, 0.29) is 0 Å². The van der Waals surface area contributed by atoms with Gasteiger partial charge in [-0.3, -0.25) is 0 Å². The Morgan fingerprint density at radius 2 is 1.81 bits per heavy atom. The van der Waals surface area contributed by atoms with Gasteiger partial charge in [0, 0.05) is 11.8 Å². The fourth-order valence-electron chi connectivity index (χ4n) is 3.11. The number of furan rings is 1. The van der Waals surface area contributed by atoms with Crippen molar-refractivity contribution in [2.45, 2.75) is 27.2 Å². The maximum Gasteiger partial charge on any atom is 0.344 e. The number of para-hydroxylation sites is 1. The van der Waals surface area contributed by atoms with Crippen LogP contribution in [0.5, 0.6) is 0 Å². The SMILES string of the molecule is Cc1cc(C)c(CC(=NOCC(=O)O)c2cc3ccccc3o2)c(C)c1. The van der Waals surface area contributed by atoms with Crippen LogP contribution in [0.15, 0.2) is 52.0 Å². The van der Waals surface area contributed by atoms with Crippen LogP contribution in [0, 0.1) is 20.8 Å². The van der Waals surface area contributed by atoms with Crippen LogP contribution in [0.2, 0.25) is 0 Å². The summed E-state index contributed by atoms with van der Waals surface area (Å²) in [6, 6.07) is 13.8. The van der Waals surface area contributed by atoms with Gasteiger partial charge in [0.15, 0.2) is 5.76 Å². The number of hydrogen-bond acceptors (Lipinski definition) is 4. The van der Waals surface area contributed by atoms with Gasteiger partial charge < -0.3 is 14.4 Å². The molecular formula is C21H21NO4. The second-order valence-electron chi connectivity index (χ2n) is 6.41. The Hall–Kier alpha value is -3.08. The van der Waals surface area contributed by atoms with Crippen molar-refractivity contribution in [1.29, 1.82) is 0 Å². The molecule has 1 heterocycles. The molecule has 1 N–H and O–H groups in total. The van der Waals surface area contributed by atoms with Gasteiger partial charge in [0.1, 0.15) is 11.3 Å². The number of carboxylic acid groups (broad SMARTS) is 1. The summed E-state index contributed by atoms with van der Waals surface area (Å²) in [4.78, 5) is 15.8. The third kappa shape index (κ3) is 3.94. The zero-order valence-electron chi connectivity index (χ0n) is 15.1. The van der Waals surface area contributed by atoms with Gasteiger partial charge in [-0.25, -0.2) is 4.79 Å². The number of aliphatic carboxylic acids is 1. The Balaban J connectivity index is 1.99. The molecule has 0 aliphatic heterocycles. The molecule has 1 aromatic heterocycles. The summed E-state index contributed by atoms with van der Waals surface area (Å²) in [5.74, 6) is -0.489. The van der Waals surface area contributed by atoms with Gasteiger partial charge in [0.25, 0.3) is 0 Å². The molecule has 0 atom stereocenters. The van der Waals surface area contributed by atoms with Crippen LogP contribution in [-0.4, -0.2) is 23.4 Å². The summed E-state index contributed by atoms with van der Waals surface area (Å²) in [7, 11) is 0. The summed E-state index contributed by atoms with van der Waals surface area (Å²) >= 11 is 0. The number of oxime groups is 1. The third-order valence-electron chi connectivity index (χ3n) is 4.26. The molecule has 0 radical (unpaired) electrons. The normalized spacial score (nSPS) is 11.7. The van der Waals surface area contributed by atoms with Crippen LogP contribution >= 0.6 is 0 Å². The Morgan fingerprint density at radius 1 is 1.12 bits per heavy atom. The Bertz CT molecular complexity index is 929. The van der Waals surface area contributed by atoms with E-state index >= 15 is 0 Å². The molecule has 5 heteroatoms. The average molecular weight is 351 g/mol. The summed E-state index contributed by atoms with van der Waals surface area (Å²) in [6.07, 6.45) is 0.497. The van der Waals surface area contributed by atoms with E-state index < -0.39 is 12.6 Å². The van der Waals surface area contributed by atoms with Crippen molar-refractivity contribution in [1.82, 2.24) is 0 Å². The quantitative estimate of drug-likeness (QED) is 0.527. The molecule has 0 fully saturated rings. The second kappa shape index (κ2) is 7.44. The van der Waals surface area contributed by atoms with Gasteiger partial charge in [0.05, 0.1) is 0 Å². The largest absolute Gasteiger partial charge is 0.479 e. The number of benzene rings is 2. The number of carbonyl (C=O) groups is 1. The van der Waals surface area contributed by atoms with E-state index in [1.165, 1.54) is 5.56 Å². The maximum absolute atomic E-state index is 10.7. The monoisotopic (exact) mass is 351 g/mol.